The van der Waals surface area contributed by atoms with Gasteiger partial charge in [0.2, 0.25) is 0 Å². The van der Waals surface area contributed by atoms with Gasteiger partial charge in [0.1, 0.15) is 11.6 Å². The van der Waals surface area contributed by atoms with Gasteiger partial charge in [0.05, 0.1) is 23.3 Å². The van der Waals surface area contributed by atoms with E-state index in [0.29, 0.717) is 25.9 Å². The van der Waals surface area contributed by atoms with E-state index in [9.17, 15) is 22.4 Å². The van der Waals surface area contributed by atoms with Crippen LogP contribution in [0.25, 0.3) is 0 Å². The summed E-state index contributed by atoms with van der Waals surface area (Å²) in [5.74, 6) is -0.421. The average Bonchev–Trinajstić information content (AvgIpc) is 3.20. The highest BCUT2D eigenvalue weighted by atomic mass is 35.5. The first-order valence-electron chi connectivity index (χ1n) is 11.3. The van der Waals surface area contributed by atoms with Crippen molar-refractivity contribution >= 4 is 17.5 Å². The topological polar surface area (TPSA) is 59.4 Å². The summed E-state index contributed by atoms with van der Waals surface area (Å²) in [7, 11) is 0. The Morgan fingerprint density at radius 2 is 1.94 bits per heavy atom. The molecule has 6 rings (SSSR count). The van der Waals surface area contributed by atoms with Crippen LogP contribution in [0.5, 0.6) is 5.75 Å². The number of carbonyl (C=O) groups excluding carboxylic acids is 1. The molecule has 3 saturated carbocycles. The highest BCUT2D eigenvalue weighted by Crippen LogP contribution is 2.65. The monoisotopic (exact) mass is 500 g/mol. The van der Waals surface area contributed by atoms with E-state index in [-0.39, 0.29) is 40.3 Å². The van der Waals surface area contributed by atoms with E-state index in [1.807, 2.05) is 17.1 Å². The third kappa shape index (κ3) is 4.62. The molecule has 0 unspecified atom stereocenters. The number of benzene rings is 1. The van der Waals surface area contributed by atoms with E-state index >= 15 is 0 Å². The number of piperidine rings is 1. The Labute approximate surface area is 199 Å². The molecule has 4 aliphatic rings. The van der Waals surface area contributed by atoms with Gasteiger partial charge in [-0.15, -0.1) is 0 Å². The van der Waals surface area contributed by atoms with Crippen molar-refractivity contribution in [3.63, 3.8) is 0 Å². The number of aromatic nitrogens is 2. The third-order valence-corrected chi connectivity index (χ3v) is 7.52. The van der Waals surface area contributed by atoms with Gasteiger partial charge in [-0.25, -0.2) is 4.39 Å². The zero-order valence-corrected chi connectivity index (χ0v) is 19.1. The molecule has 4 fully saturated rings. The number of carbonyl (C=O) groups is 1. The lowest BCUT2D eigenvalue weighted by atomic mass is 9.44. The van der Waals surface area contributed by atoms with Gasteiger partial charge < -0.3 is 10.1 Å². The van der Waals surface area contributed by atoms with Crippen molar-refractivity contribution in [3.8, 4) is 5.75 Å². The molecule has 2 aromatic rings. The van der Waals surface area contributed by atoms with Crippen LogP contribution in [0, 0.1) is 5.82 Å². The fourth-order valence-electron chi connectivity index (χ4n) is 5.64. The molecular weight excluding hydrogens is 476 g/mol. The summed E-state index contributed by atoms with van der Waals surface area (Å²) in [5, 5.41) is 7.55. The average molecular weight is 501 g/mol. The van der Waals surface area contributed by atoms with Gasteiger partial charge >= 0.3 is 6.18 Å². The number of halogens is 5. The van der Waals surface area contributed by atoms with Gasteiger partial charge in [0.25, 0.3) is 5.91 Å². The normalized spacial score (nSPS) is 27.1. The number of amides is 1. The lowest BCUT2D eigenvalue weighted by Crippen LogP contribution is -2.79. The summed E-state index contributed by atoms with van der Waals surface area (Å²) >= 11 is 5.64. The number of likely N-dealkylation sites (tertiary alicyclic amines) is 1. The molecular formula is C23H25ClF4N4O2. The summed E-state index contributed by atoms with van der Waals surface area (Å²) in [6, 6.07) is 4.02. The standard InChI is InChI=1S/C23H25ClF4N4O2/c24-18-2-1-17(7-19(18)25)34-10-20(33)30-21-11-22(12-21,13-21)32-9-16(8-29-32)15-3-5-31(6-4-15)14-23(26,27)28/h1-2,7-9,15H,3-6,10-14H2,(H,30,33). The zero-order chi connectivity index (χ0) is 24.1. The van der Waals surface area contributed by atoms with Crippen LogP contribution in [-0.4, -0.2) is 58.5 Å². The smallest absolute Gasteiger partial charge is 0.401 e. The number of hydrogen-bond acceptors (Lipinski definition) is 4. The molecule has 1 N–H and O–H groups in total. The van der Waals surface area contributed by atoms with Gasteiger partial charge in [-0.1, -0.05) is 11.6 Å². The second-order valence-electron chi connectivity index (χ2n) is 9.83. The molecule has 184 valence electrons. The van der Waals surface area contributed by atoms with E-state index in [0.717, 1.165) is 30.9 Å². The third-order valence-electron chi connectivity index (χ3n) is 7.22. The van der Waals surface area contributed by atoms with Gasteiger partial charge in [-0.2, -0.15) is 18.3 Å². The summed E-state index contributed by atoms with van der Waals surface area (Å²) in [5.41, 5.74) is 0.696. The molecule has 1 aromatic carbocycles. The maximum atomic E-state index is 13.5. The Kier molecular flexibility index (Phi) is 5.79. The fourth-order valence-corrected chi connectivity index (χ4v) is 5.76. The minimum absolute atomic E-state index is 0.00958. The van der Waals surface area contributed by atoms with Crippen molar-refractivity contribution in [2.75, 3.05) is 26.2 Å². The van der Waals surface area contributed by atoms with Crippen molar-refractivity contribution in [3.05, 3.63) is 47.0 Å². The van der Waals surface area contributed by atoms with Crippen molar-refractivity contribution < 1.29 is 27.1 Å². The van der Waals surface area contributed by atoms with Gasteiger partial charge in [-0.3, -0.25) is 14.4 Å². The Morgan fingerprint density at radius 3 is 2.59 bits per heavy atom. The maximum Gasteiger partial charge on any atom is 0.401 e. The molecule has 1 saturated heterocycles. The second kappa shape index (κ2) is 8.41. The van der Waals surface area contributed by atoms with Gasteiger partial charge in [0.15, 0.2) is 6.61 Å². The van der Waals surface area contributed by atoms with Crippen molar-refractivity contribution in [1.82, 2.24) is 20.0 Å². The first kappa shape index (κ1) is 23.4. The van der Waals surface area contributed by atoms with Gasteiger partial charge in [-0.05, 0) is 68.8 Å². The van der Waals surface area contributed by atoms with Crippen LogP contribution in [0.15, 0.2) is 30.6 Å². The molecule has 0 radical (unpaired) electrons. The van der Waals surface area contributed by atoms with Crippen LogP contribution in [-0.2, 0) is 10.3 Å². The second-order valence-corrected chi connectivity index (χ2v) is 10.2. The summed E-state index contributed by atoms with van der Waals surface area (Å²) < 4.78 is 58.6. The molecule has 11 heteroatoms. The molecule has 1 amide bonds. The number of nitrogens with one attached hydrogen (secondary N) is 1. The Bertz CT molecular complexity index is 1060. The lowest BCUT2D eigenvalue weighted by molar-refractivity contribution is -0.160. The number of alkyl halides is 3. The van der Waals surface area contributed by atoms with Crippen LogP contribution in [0.1, 0.15) is 43.6 Å². The highest BCUT2D eigenvalue weighted by Gasteiger charge is 2.70. The molecule has 1 aliphatic heterocycles. The van der Waals surface area contributed by atoms with Crippen LogP contribution in [0.4, 0.5) is 17.6 Å². The van der Waals surface area contributed by atoms with E-state index in [4.69, 9.17) is 16.3 Å². The van der Waals surface area contributed by atoms with Crippen LogP contribution < -0.4 is 10.1 Å². The molecule has 2 bridgehead atoms. The molecule has 6 nitrogen and oxygen atoms in total. The quantitative estimate of drug-likeness (QED) is 0.578. The highest BCUT2D eigenvalue weighted by molar-refractivity contribution is 6.30. The number of rotatable bonds is 7. The first-order chi connectivity index (χ1) is 16.0. The van der Waals surface area contributed by atoms with Crippen LogP contribution >= 0.6 is 11.6 Å². The maximum absolute atomic E-state index is 13.5. The van der Waals surface area contributed by atoms with E-state index in [1.165, 1.54) is 17.0 Å². The summed E-state index contributed by atoms with van der Waals surface area (Å²) in [6.07, 6.45) is 3.37. The predicted molar refractivity (Wildman–Crippen MR) is 116 cm³/mol. The zero-order valence-electron chi connectivity index (χ0n) is 18.4. The SMILES string of the molecule is O=C(COc1ccc(Cl)c(F)c1)NC12CC(n3cc(C4CCN(CC(F)(F)F)CC4)cn3)(C1)C2. The minimum Gasteiger partial charge on any atom is -0.484 e. The predicted octanol–water partition coefficient (Wildman–Crippen LogP) is 4.24. The number of ether oxygens (including phenoxy) is 1. The minimum atomic E-state index is -4.16. The van der Waals surface area contributed by atoms with Crippen molar-refractivity contribution in [2.45, 2.75) is 55.3 Å². The molecule has 0 spiro atoms. The van der Waals surface area contributed by atoms with E-state index in [1.54, 1.807) is 0 Å². The molecule has 2 heterocycles. The Hall–Kier alpha value is -2.33. The van der Waals surface area contributed by atoms with Crippen LogP contribution in [0.3, 0.4) is 0 Å². The van der Waals surface area contributed by atoms with Crippen molar-refractivity contribution in [2.24, 2.45) is 0 Å². The van der Waals surface area contributed by atoms with E-state index < -0.39 is 18.5 Å². The van der Waals surface area contributed by atoms with Gasteiger partial charge in [0, 0.05) is 17.8 Å². The summed E-state index contributed by atoms with van der Waals surface area (Å²) in [4.78, 5) is 13.8. The molecule has 0 atom stereocenters. The Morgan fingerprint density at radius 1 is 1.24 bits per heavy atom. The van der Waals surface area contributed by atoms with Crippen molar-refractivity contribution in [1.29, 1.82) is 0 Å². The molecule has 34 heavy (non-hydrogen) atoms. The Balaban J connectivity index is 1.09. The van der Waals surface area contributed by atoms with E-state index in [2.05, 4.69) is 10.4 Å². The lowest BCUT2D eigenvalue weighted by Gasteiger charge is -2.70. The number of hydrogen-bond donors (Lipinski definition) is 1. The largest absolute Gasteiger partial charge is 0.484 e. The molecule has 3 aliphatic carbocycles. The number of nitrogens with zero attached hydrogens (tertiary/aromatic N) is 3. The summed E-state index contributed by atoms with van der Waals surface area (Å²) in [6.45, 7) is -0.201. The first-order valence-corrected chi connectivity index (χ1v) is 11.7. The molecule has 1 aromatic heterocycles. The van der Waals surface area contributed by atoms with Crippen LogP contribution in [0.2, 0.25) is 5.02 Å². The fraction of sp³-hybridized carbons (Fsp3) is 0.565.